The average molecular weight is 379 g/mol. The van der Waals surface area contributed by atoms with Crippen LogP contribution in [0.25, 0.3) is 10.9 Å². The van der Waals surface area contributed by atoms with Crippen molar-refractivity contribution in [2.45, 2.75) is 19.8 Å². The number of rotatable bonds is 7. The monoisotopic (exact) mass is 379 g/mol. The van der Waals surface area contributed by atoms with Crippen molar-refractivity contribution in [3.63, 3.8) is 0 Å². The van der Waals surface area contributed by atoms with Gasteiger partial charge >= 0.3 is 0 Å². The highest BCUT2D eigenvalue weighted by atomic mass is 16.5. The maximum absolute atomic E-state index is 12.2. The Morgan fingerprint density at radius 1 is 1.18 bits per heavy atom. The Morgan fingerprint density at radius 3 is 2.71 bits per heavy atom. The number of ether oxygens (including phenoxy) is 2. The van der Waals surface area contributed by atoms with E-state index in [1.54, 1.807) is 32.6 Å². The second-order valence-electron chi connectivity index (χ2n) is 6.64. The van der Waals surface area contributed by atoms with Gasteiger partial charge in [0.15, 0.2) is 11.5 Å². The van der Waals surface area contributed by atoms with E-state index in [1.165, 1.54) is 22.0 Å². The number of hydrogen-bond donors (Lipinski definition) is 1. The maximum atomic E-state index is 12.2. The Balaban J connectivity index is 1.60. The van der Waals surface area contributed by atoms with Crippen LogP contribution in [0.3, 0.4) is 0 Å². The van der Waals surface area contributed by atoms with Crippen LogP contribution in [0.15, 0.2) is 47.7 Å². The summed E-state index contributed by atoms with van der Waals surface area (Å²) in [5.74, 6) is 1.14. The molecule has 0 bridgehead atoms. The molecule has 1 N–H and O–H groups in total. The van der Waals surface area contributed by atoms with E-state index >= 15 is 0 Å². The van der Waals surface area contributed by atoms with Crippen LogP contribution in [0.5, 0.6) is 11.5 Å². The highest BCUT2D eigenvalue weighted by molar-refractivity contribution is 5.87. The zero-order chi connectivity index (χ0) is 20.1. The van der Waals surface area contributed by atoms with Crippen LogP contribution in [0.4, 0.5) is 0 Å². The largest absolute Gasteiger partial charge is 0.493 e. The number of carbonyl (C=O) groups excluding carboxylic acids is 1. The van der Waals surface area contributed by atoms with E-state index in [0.717, 1.165) is 5.56 Å². The summed E-state index contributed by atoms with van der Waals surface area (Å²) in [6.45, 7) is 2.10. The first kappa shape index (κ1) is 19.5. The lowest BCUT2D eigenvalue weighted by Crippen LogP contribution is -2.17. The molecule has 0 aliphatic heterocycles. The van der Waals surface area contributed by atoms with E-state index in [-0.39, 0.29) is 5.91 Å². The Morgan fingerprint density at radius 2 is 1.96 bits per heavy atom. The Labute approximate surface area is 164 Å². The second kappa shape index (κ2) is 8.61. The molecule has 28 heavy (non-hydrogen) atoms. The number of fused-ring (bicyclic) bond motifs is 1. The van der Waals surface area contributed by atoms with Crippen molar-refractivity contribution in [1.29, 1.82) is 0 Å². The van der Waals surface area contributed by atoms with Gasteiger partial charge in [-0.1, -0.05) is 18.2 Å². The number of hydrazone groups is 1. The summed E-state index contributed by atoms with van der Waals surface area (Å²) in [6, 6.07) is 11.7. The average Bonchev–Trinajstić information content (AvgIpc) is 3.03. The van der Waals surface area contributed by atoms with Gasteiger partial charge < -0.3 is 14.0 Å². The molecule has 3 rings (SSSR count). The first-order chi connectivity index (χ1) is 13.5. The molecule has 2 aromatic carbocycles. The van der Waals surface area contributed by atoms with Crippen LogP contribution in [0, 0.1) is 6.92 Å². The third kappa shape index (κ3) is 4.17. The number of para-hydroxylation sites is 1. The standard InChI is InChI=1S/C22H25N3O3/c1-15-6-5-7-18-17(14-25(2)22(15)18)9-11-21(26)24-23-13-16-8-10-19(27-3)20(12-16)28-4/h5-8,10,12-14H,9,11H2,1-4H3,(H,24,26)/b23-13-. The van der Waals surface area contributed by atoms with Crippen molar-refractivity contribution >= 4 is 23.0 Å². The summed E-state index contributed by atoms with van der Waals surface area (Å²) in [6.07, 6.45) is 4.72. The first-order valence-corrected chi connectivity index (χ1v) is 9.11. The summed E-state index contributed by atoms with van der Waals surface area (Å²) < 4.78 is 12.6. The predicted octanol–water partition coefficient (Wildman–Crippen LogP) is 3.59. The van der Waals surface area contributed by atoms with Crippen molar-refractivity contribution in [2.75, 3.05) is 14.2 Å². The predicted molar refractivity (Wildman–Crippen MR) is 111 cm³/mol. The lowest BCUT2D eigenvalue weighted by atomic mass is 10.1. The first-order valence-electron chi connectivity index (χ1n) is 9.11. The Bertz CT molecular complexity index is 1020. The normalized spacial score (nSPS) is 11.1. The quantitative estimate of drug-likeness (QED) is 0.504. The van der Waals surface area contributed by atoms with Crippen LogP contribution in [0.1, 0.15) is 23.1 Å². The second-order valence-corrected chi connectivity index (χ2v) is 6.64. The van der Waals surface area contributed by atoms with Gasteiger partial charge in [0, 0.05) is 25.1 Å². The summed E-state index contributed by atoms with van der Waals surface area (Å²) >= 11 is 0. The minimum absolute atomic E-state index is 0.124. The molecule has 3 aromatic rings. The molecule has 0 saturated carbocycles. The Kier molecular flexibility index (Phi) is 5.99. The van der Waals surface area contributed by atoms with E-state index in [0.29, 0.717) is 24.3 Å². The fraction of sp³-hybridized carbons (Fsp3) is 0.273. The molecular weight excluding hydrogens is 354 g/mol. The van der Waals surface area contributed by atoms with Gasteiger partial charge in [0.25, 0.3) is 0 Å². The molecule has 0 spiro atoms. The van der Waals surface area contributed by atoms with Gasteiger partial charge in [0.05, 0.1) is 26.0 Å². The SMILES string of the molecule is COc1ccc(/C=N\NC(=O)CCc2cn(C)c3c(C)cccc23)cc1OC. The van der Waals surface area contributed by atoms with E-state index in [1.807, 2.05) is 13.1 Å². The summed E-state index contributed by atoms with van der Waals surface area (Å²) in [7, 11) is 5.20. The molecule has 0 aliphatic rings. The van der Waals surface area contributed by atoms with Gasteiger partial charge in [-0.2, -0.15) is 5.10 Å². The molecule has 0 fully saturated rings. The molecule has 6 nitrogen and oxygen atoms in total. The summed E-state index contributed by atoms with van der Waals surface area (Å²) in [5.41, 5.74) is 7.00. The van der Waals surface area contributed by atoms with Crippen LogP contribution in [-0.2, 0) is 18.3 Å². The fourth-order valence-electron chi connectivity index (χ4n) is 3.37. The van der Waals surface area contributed by atoms with Gasteiger partial charge in [-0.3, -0.25) is 4.79 Å². The minimum Gasteiger partial charge on any atom is -0.493 e. The molecule has 146 valence electrons. The summed E-state index contributed by atoms with van der Waals surface area (Å²) in [4.78, 5) is 12.2. The number of benzene rings is 2. The lowest BCUT2D eigenvalue weighted by molar-refractivity contribution is -0.121. The number of amides is 1. The van der Waals surface area contributed by atoms with Gasteiger partial charge in [0.2, 0.25) is 5.91 Å². The topological polar surface area (TPSA) is 64.8 Å². The van der Waals surface area contributed by atoms with Crippen LogP contribution >= 0.6 is 0 Å². The molecule has 0 unspecified atom stereocenters. The molecule has 6 heteroatoms. The number of nitrogens with one attached hydrogen (secondary N) is 1. The number of nitrogens with zero attached hydrogens (tertiary/aromatic N) is 2. The molecule has 0 saturated heterocycles. The van der Waals surface area contributed by atoms with E-state index in [9.17, 15) is 4.79 Å². The van der Waals surface area contributed by atoms with Gasteiger partial charge in [-0.05, 0) is 48.2 Å². The molecule has 0 aliphatic carbocycles. The highest BCUT2D eigenvalue weighted by Gasteiger charge is 2.10. The molecular formula is C22H25N3O3. The van der Waals surface area contributed by atoms with Crippen LogP contribution in [0.2, 0.25) is 0 Å². The molecule has 0 atom stereocenters. The third-order valence-corrected chi connectivity index (χ3v) is 4.72. The fourth-order valence-corrected chi connectivity index (χ4v) is 3.37. The minimum atomic E-state index is -0.124. The molecule has 0 radical (unpaired) electrons. The van der Waals surface area contributed by atoms with Crippen molar-refractivity contribution in [2.24, 2.45) is 12.1 Å². The highest BCUT2D eigenvalue weighted by Crippen LogP contribution is 2.27. The number of methoxy groups -OCH3 is 2. The van der Waals surface area contributed by atoms with Gasteiger partial charge in [0.1, 0.15) is 0 Å². The van der Waals surface area contributed by atoms with Crippen LogP contribution in [-0.4, -0.2) is 30.9 Å². The van der Waals surface area contributed by atoms with Crippen molar-refractivity contribution in [3.05, 3.63) is 59.3 Å². The van der Waals surface area contributed by atoms with Gasteiger partial charge in [-0.25, -0.2) is 5.43 Å². The lowest BCUT2D eigenvalue weighted by Gasteiger charge is -2.07. The van der Waals surface area contributed by atoms with Crippen LogP contribution < -0.4 is 14.9 Å². The molecule has 1 amide bonds. The molecule has 1 heterocycles. The van der Waals surface area contributed by atoms with E-state index in [2.05, 4.69) is 46.4 Å². The van der Waals surface area contributed by atoms with E-state index in [4.69, 9.17) is 9.47 Å². The Hall–Kier alpha value is -3.28. The third-order valence-electron chi connectivity index (χ3n) is 4.72. The van der Waals surface area contributed by atoms with Crippen molar-refractivity contribution in [1.82, 2.24) is 9.99 Å². The van der Waals surface area contributed by atoms with Crippen molar-refractivity contribution < 1.29 is 14.3 Å². The zero-order valence-electron chi connectivity index (χ0n) is 16.7. The van der Waals surface area contributed by atoms with Crippen molar-refractivity contribution in [3.8, 4) is 11.5 Å². The number of aryl methyl sites for hydroxylation is 3. The summed E-state index contributed by atoms with van der Waals surface area (Å²) in [5, 5.41) is 5.24. The van der Waals surface area contributed by atoms with Gasteiger partial charge in [-0.15, -0.1) is 0 Å². The zero-order valence-corrected chi connectivity index (χ0v) is 16.7. The molecule has 1 aromatic heterocycles. The van der Waals surface area contributed by atoms with E-state index < -0.39 is 0 Å². The number of aromatic nitrogens is 1. The number of hydrogen-bond acceptors (Lipinski definition) is 4. The number of carbonyl (C=O) groups is 1. The maximum Gasteiger partial charge on any atom is 0.240 e. The smallest absolute Gasteiger partial charge is 0.240 e.